The number of amides is 1. The molecule has 1 fully saturated rings. The minimum Gasteiger partial charge on any atom is -0.506 e. The lowest BCUT2D eigenvalue weighted by molar-refractivity contribution is 0.0737. The highest BCUT2D eigenvalue weighted by Gasteiger charge is 2.31. The van der Waals surface area contributed by atoms with Gasteiger partial charge in [-0.25, -0.2) is 0 Å². The zero-order valence-electron chi connectivity index (χ0n) is 10.3. The summed E-state index contributed by atoms with van der Waals surface area (Å²) in [6, 6.07) is 5.72. The average molecular weight is 274 g/mol. The Morgan fingerprint density at radius 1 is 1.47 bits per heavy atom. The number of carbonyl (C=O) groups is 1. The summed E-state index contributed by atoms with van der Waals surface area (Å²) in [5.41, 5.74) is 0.448. The molecule has 19 heavy (non-hydrogen) atoms. The molecule has 5 heteroatoms. The Bertz CT molecular complexity index is 583. The van der Waals surface area contributed by atoms with E-state index in [1.54, 1.807) is 11.3 Å². The van der Waals surface area contributed by atoms with Crippen molar-refractivity contribution in [2.24, 2.45) is 0 Å². The molecule has 1 atom stereocenters. The largest absolute Gasteiger partial charge is 0.506 e. The van der Waals surface area contributed by atoms with Gasteiger partial charge in [0.25, 0.3) is 5.91 Å². The normalized spacial score (nSPS) is 18.7. The summed E-state index contributed by atoms with van der Waals surface area (Å²) in [4.78, 5) is 19.5. The van der Waals surface area contributed by atoms with Gasteiger partial charge in [-0.2, -0.15) is 0 Å². The second-order valence-electron chi connectivity index (χ2n) is 4.60. The van der Waals surface area contributed by atoms with Crippen molar-refractivity contribution in [2.75, 3.05) is 6.54 Å². The fourth-order valence-electron chi connectivity index (χ4n) is 2.50. The molecule has 1 aliphatic heterocycles. The number of rotatable bonds is 2. The Morgan fingerprint density at radius 3 is 3.11 bits per heavy atom. The molecule has 1 unspecified atom stereocenters. The number of hydrogen-bond acceptors (Lipinski definition) is 4. The maximum Gasteiger partial charge on any atom is 0.256 e. The van der Waals surface area contributed by atoms with E-state index < -0.39 is 0 Å². The number of likely N-dealkylation sites (tertiary alicyclic amines) is 1. The molecule has 0 bridgehead atoms. The van der Waals surface area contributed by atoms with Gasteiger partial charge >= 0.3 is 0 Å². The van der Waals surface area contributed by atoms with Gasteiger partial charge in [-0.1, -0.05) is 6.07 Å². The second-order valence-corrected chi connectivity index (χ2v) is 5.58. The number of thiophene rings is 1. The first-order chi connectivity index (χ1) is 9.25. The van der Waals surface area contributed by atoms with E-state index in [0.29, 0.717) is 5.56 Å². The molecule has 0 aromatic carbocycles. The highest BCUT2D eigenvalue weighted by molar-refractivity contribution is 7.10. The van der Waals surface area contributed by atoms with Crippen molar-refractivity contribution in [1.82, 2.24) is 9.88 Å². The topological polar surface area (TPSA) is 53.4 Å². The van der Waals surface area contributed by atoms with Crippen molar-refractivity contribution < 1.29 is 9.90 Å². The third-order valence-corrected chi connectivity index (χ3v) is 4.33. The Labute approximate surface area is 115 Å². The summed E-state index contributed by atoms with van der Waals surface area (Å²) in [7, 11) is 0. The van der Waals surface area contributed by atoms with Crippen LogP contribution in [0.2, 0.25) is 0 Å². The number of aromatic hydroxyl groups is 1. The van der Waals surface area contributed by atoms with Gasteiger partial charge in [-0.3, -0.25) is 9.78 Å². The van der Waals surface area contributed by atoms with Crippen molar-refractivity contribution in [2.45, 2.75) is 18.9 Å². The molecule has 1 aliphatic rings. The Kier molecular flexibility index (Phi) is 3.21. The van der Waals surface area contributed by atoms with Crippen LogP contribution in [0.1, 0.15) is 34.1 Å². The van der Waals surface area contributed by atoms with Crippen LogP contribution >= 0.6 is 11.3 Å². The first-order valence-electron chi connectivity index (χ1n) is 6.24. The SMILES string of the molecule is O=C(c1cncc(O)c1)N1CCCC1c1cccs1. The van der Waals surface area contributed by atoms with Gasteiger partial charge < -0.3 is 10.0 Å². The molecule has 0 saturated carbocycles. The van der Waals surface area contributed by atoms with Crippen molar-refractivity contribution in [3.63, 3.8) is 0 Å². The summed E-state index contributed by atoms with van der Waals surface area (Å²) in [5.74, 6) is -0.0305. The van der Waals surface area contributed by atoms with Gasteiger partial charge in [0.2, 0.25) is 0 Å². The lowest BCUT2D eigenvalue weighted by atomic mass is 10.1. The number of carbonyl (C=O) groups excluding carboxylic acids is 1. The Balaban J connectivity index is 1.87. The van der Waals surface area contributed by atoms with Gasteiger partial charge in [0.15, 0.2) is 0 Å². The molecule has 1 amide bonds. The van der Waals surface area contributed by atoms with Crippen LogP contribution in [0.5, 0.6) is 5.75 Å². The lowest BCUT2D eigenvalue weighted by Gasteiger charge is -2.23. The molecule has 3 rings (SSSR count). The van der Waals surface area contributed by atoms with E-state index in [1.165, 1.54) is 23.3 Å². The van der Waals surface area contributed by atoms with Crippen LogP contribution in [-0.4, -0.2) is 27.4 Å². The third kappa shape index (κ3) is 2.33. The highest BCUT2D eigenvalue weighted by atomic mass is 32.1. The zero-order valence-corrected chi connectivity index (χ0v) is 11.1. The molecule has 0 aliphatic carbocycles. The van der Waals surface area contributed by atoms with E-state index in [-0.39, 0.29) is 17.7 Å². The van der Waals surface area contributed by atoms with Crippen LogP contribution in [0.15, 0.2) is 36.0 Å². The summed E-state index contributed by atoms with van der Waals surface area (Å²) in [6.45, 7) is 0.761. The minimum absolute atomic E-state index is 0.0257. The Hall–Kier alpha value is -1.88. The van der Waals surface area contributed by atoms with Gasteiger partial charge in [0.05, 0.1) is 17.8 Å². The zero-order chi connectivity index (χ0) is 13.2. The number of nitrogens with zero attached hydrogens (tertiary/aromatic N) is 2. The fraction of sp³-hybridized carbons (Fsp3) is 0.286. The van der Waals surface area contributed by atoms with Crippen LogP contribution in [0.25, 0.3) is 0 Å². The van der Waals surface area contributed by atoms with Crippen molar-refractivity contribution >= 4 is 17.2 Å². The molecule has 3 heterocycles. The predicted molar refractivity (Wildman–Crippen MR) is 73.2 cm³/mol. The van der Waals surface area contributed by atoms with Crippen LogP contribution in [-0.2, 0) is 0 Å². The smallest absolute Gasteiger partial charge is 0.256 e. The summed E-state index contributed by atoms with van der Waals surface area (Å²) >= 11 is 1.68. The van der Waals surface area contributed by atoms with E-state index in [2.05, 4.69) is 11.1 Å². The number of pyridine rings is 1. The van der Waals surface area contributed by atoms with Crippen LogP contribution < -0.4 is 0 Å². The van der Waals surface area contributed by atoms with Gasteiger partial charge in [-0.05, 0) is 30.4 Å². The van der Waals surface area contributed by atoms with Gasteiger partial charge in [0, 0.05) is 17.6 Å². The predicted octanol–water partition coefficient (Wildman–Crippen LogP) is 2.83. The molecule has 2 aromatic heterocycles. The molecule has 0 spiro atoms. The van der Waals surface area contributed by atoms with Crippen LogP contribution in [0.3, 0.4) is 0 Å². The highest BCUT2D eigenvalue weighted by Crippen LogP contribution is 2.35. The molecule has 4 nitrogen and oxygen atoms in total. The van der Waals surface area contributed by atoms with Crippen molar-refractivity contribution in [3.05, 3.63) is 46.4 Å². The van der Waals surface area contributed by atoms with E-state index in [9.17, 15) is 9.90 Å². The molecule has 1 saturated heterocycles. The van der Waals surface area contributed by atoms with Gasteiger partial charge in [0.1, 0.15) is 5.75 Å². The van der Waals surface area contributed by atoms with Crippen LogP contribution in [0.4, 0.5) is 0 Å². The molecule has 1 N–H and O–H groups in total. The average Bonchev–Trinajstić information content (AvgIpc) is 3.08. The summed E-state index contributed by atoms with van der Waals surface area (Å²) in [5, 5.41) is 11.5. The monoisotopic (exact) mass is 274 g/mol. The van der Waals surface area contributed by atoms with E-state index in [4.69, 9.17) is 0 Å². The lowest BCUT2D eigenvalue weighted by Crippen LogP contribution is -2.30. The summed E-state index contributed by atoms with van der Waals surface area (Å²) < 4.78 is 0. The quantitative estimate of drug-likeness (QED) is 0.916. The fourth-order valence-corrected chi connectivity index (χ4v) is 3.37. The van der Waals surface area contributed by atoms with E-state index >= 15 is 0 Å². The Morgan fingerprint density at radius 2 is 2.37 bits per heavy atom. The minimum atomic E-state index is -0.0562. The van der Waals surface area contributed by atoms with E-state index in [0.717, 1.165) is 19.4 Å². The molecule has 0 radical (unpaired) electrons. The maximum absolute atomic E-state index is 12.5. The van der Waals surface area contributed by atoms with Crippen LogP contribution in [0, 0.1) is 0 Å². The van der Waals surface area contributed by atoms with Crippen molar-refractivity contribution in [3.8, 4) is 5.75 Å². The summed E-state index contributed by atoms with van der Waals surface area (Å²) in [6.07, 6.45) is 4.85. The molecular formula is C14H14N2O2S. The molecule has 98 valence electrons. The second kappa shape index (κ2) is 5.01. The first-order valence-corrected chi connectivity index (χ1v) is 7.12. The number of hydrogen-bond donors (Lipinski definition) is 1. The van der Waals surface area contributed by atoms with E-state index in [1.807, 2.05) is 16.3 Å². The van der Waals surface area contributed by atoms with Crippen molar-refractivity contribution in [1.29, 1.82) is 0 Å². The molecule has 2 aromatic rings. The third-order valence-electron chi connectivity index (χ3n) is 3.36. The van der Waals surface area contributed by atoms with Gasteiger partial charge in [-0.15, -0.1) is 11.3 Å². The molecular weight excluding hydrogens is 260 g/mol. The number of aromatic nitrogens is 1. The first kappa shape index (κ1) is 12.2. The standard InChI is InChI=1S/C14H14N2O2S/c17-11-7-10(8-15-9-11)14(18)16-5-1-3-12(16)13-4-2-6-19-13/h2,4,6-9,12,17H,1,3,5H2. The maximum atomic E-state index is 12.5.